The fraction of sp³-hybridized carbons (Fsp3) is 0.130. The van der Waals surface area contributed by atoms with E-state index in [9.17, 15) is 9.59 Å². The number of hydrogen-bond donors (Lipinski definition) is 1. The Morgan fingerprint density at radius 3 is 2.71 bits per heavy atom. The predicted octanol–water partition coefficient (Wildman–Crippen LogP) is 5.89. The molecule has 0 atom stereocenters. The Kier molecular flexibility index (Phi) is 7.90. The molecule has 34 heavy (non-hydrogen) atoms. The molecule has 0 aliphatic carbocycles. The second-order valence-corrected chi connectivity index (χ2v) is 10.8. The average molecular weight is 551 g/mol. The molecule has 2 aromatic carbocycles. The zero-order valence-corrected chi connectivity index (χ0v) is 21.7. The van der Waals surface area contributed by atoms with Crippen LogP contribution in [0.3, 0.4) is 0 Å². The average Bonchev–Trinajstić information content (AvgIpc) is 3.35. The summed E-state index contributed by atoms with van der Waals surface area (Å²) in [6.45, 7) is -0.164. The van der Waals surface area contributed by atoms with Crippen LogP contribution in [-0.4, -0.2) is 39.7 Å². The maximum absolute atomic E-state index is 12.3. The molecule has 1 aliphatic rings. The van der Waals surface area contributed by atoms with E-state index in [4.69, 9.17) is 40.2 Å². The minimum atomic E-state index is -0.322. The van der Waals surface area contributed by atoms with Gasteiger partial charge in [-0.1, -0.05) is 59.3 Å². The molecule has 1 aliphatic heterocycles. The van der Waals surface area contributed by atoms with Crippen molar-refractivity contribution in [1.82, 2.24) is 9.88 Å². The van der Waals surface area contributed by atoms with Gasteiger partial charge >= 0.3 is 0 Å². The highest BCUT2D eigenvalue weighted by molar-refractivity contribution is 8.26. The number of amides is 2. The van der Waals surface area contributed by atoms with Gasteiger partial charge in [0, 0.05) is 34.6 Å². The molecule has 0 radical (unpaired) electrons. The summed E-state index contributed by atoms with van der Waals surface area (Å²) in [6, 6.07) is 12.4. The first-order valence-electron chi connectivity index (χ1n) is 9.91. The lowest BCUT2D eigenvalue weighted by Crippen LogP contribution is -2.22. The monoisotopic (exact) mass is 549 g/mol. The van der Waals surface area contributed by atoms with Gasteiger partial charge in [-0.05, 0) is 47.5 Å². The van der Waals surface area contributed by atoms with Crippen LogP contribution in [0, 0.1) is 0 Å². The van der Waals surface area contributed by atoms with Gasteiger partial charge in [0.2, 0.25) is 0 Å². The van der Waals surface area contributed by atoms with Crippen LogP contribution in [0.5, 0.6) is 5.75 Å². The number of carbonyl (C=O) groups excluding carboxylic acids is 2. The molecule has 4 rings (SSSR count). The molecule has 6 nitrogen and oxygen atoms in total. The molecule has 1 saturated heterocycles. The Morgan fingerprint density at radius 2 is 2.00 bits per heavy atom. The normalized spacial score (nSPS) is 14.7. The topological polar surface area (TPSA) is 71.5 Å². The number of carbonyl (C=O) groups is 2. The number of nitrogens with one attached hydrogen (secondary N) is 1. The van der Waals surface area contributed by atoms with Crippen molar-refractivity contribution in [3.63, 3.8) is 0 Å². The van der Waals surface area contributed by atoms with E-state index >= 15 is 0 Å². The second kappa shape index (κ2) is 10.9. The smallest absolute Gasteiger partial charge is 0.265 e. The lowest BCUT2D eigenvalue weighted by atomic mass is 10.1. The molecule has 0 unspecified atom stereocenters. The zero-order chi connectivity index (χ0) is 24.2. The Bertz CT molecular complexity index is 1290. The molecule has 1 N–H and O–H groups in total. The van der Waals surface area contributed by atoms with E-state index in [2.05, 4.69) is 10.3 Å². The minimum absolute atomic E-state index is 0.118. The minimum Gasteiger partial charge on any atom is -0.484 e. The van der Waals surface area contributed by atoms with Crippen LogP contribution in [-0.2, 0) is 16.0 Å². The summed E-state index contributed by atoms with van der Waals surface area (Å²) < 4.78 is 6.09. The third kappa shape index (κ3) is 6.17. The third-order valence-electron chi connectivity index (χ3n) is 4.71. The summed E-state index contributed by atoms with van der Waals surface area (Å²) in [7, 11) is 1.65. The van der Waals surface area contributed by atoms with Gasteiger partial charge in [0.05, 0.1) is 4.91 Å². The number of ether oxygens (including phenoxy) is 1. The van der Waals surface area contributed by atoms with Gasteiger partial charge in [-0.3, -0.25) is 19.8 Å². The number of halogens is 2. The van der Waals surface area contributed by atoms with Crippen LogP contribution < -0.4 is 10.1 Å². The van der Waals surface area contributed by atoms with Gasteiger partial charge < -0.3 is 4.74 Å². The highest BCUT2D eigenvalue weighted by Crippen LogP contribution is 2.31. The fourth-order valence-electron chi connectivity index (χ4n) is 2.97. The number of nitrogens with zero attached hydrogens (tertiary/aromatic N) is 2. The van der Waals surface area contributed by atoms with E-state index in [0.29, 0.717) is 36.6 Å². The summed E-state index contributed by atoms with van der Waals surface area (Å²) in [6.07, 6.45) is 4.04. The third-order valence-corrected chi connectivity index (χ3v) is 7.71. The number of hydrogen-bond acceptors (Lipinski definition) is 7. The molecular formula is C23H17Cl2N3O3S3. The Morgan fingerprint density at radius 1 is 1.24 bits per heavy atom. The number of rotatable bonds is 7. The van der Waals surface area contributed by atoms with Gasteiger partial charge in [0.1, 0.15) is 10.1 Å². The van der Waals surface area contributed by atoms with E-state index in [0.717, 1.165) is 16.0 Å². The highest BCUT2D eigenvalue weighted by Gasteiger charge is 2.28. The van der Waals surface area contributed by atoms with Crippen LogP contribution in [0.25, 0.3) is 6.08 Å². The van der Waals surface area contributed by atoms with E-state index < -0.39 is 0 Å². The second-order valence-electron chi connectivity index (χ2n) is 7.19. The molecular weight excluding hydrogens is 533 g/mol. The SMILES string of the molecule is CN1C(=O)/C(=C/c2ccc(OCC(=O)Nc3ncc(Cc4cc(Cl)ccc4Cl)s3)cc2)SC1=S. The number of benzene rings is 2. The molecule has 0 saturated carbocycles. The van der Waals surface area contributed by atoms with E-state index in [-0.39, 0.29) is 18.4 Å². The van der Waals surface area contributed by atoms with Crippen LogP contribution in [0.2, 0.25) is 10.0 Å². The van der Waals surface area contributed by atoms with Crippen molar-refractivity contribution in [1.29, 1.82) is 0 Å². The van der Waals surface area contributed by atoms with Crippen LogP contribution in [0.1, 0.15) is 16.0 Å². The van der Waals surface area contributed by atoms with Crippen molar-refractivity contribution in [2.24, 2.45) is 0 Å². The summed E-state index contributed by atoms with van der Waals surface area (Å²) >= 11 is 20.0. The lowest BCUT2D eigenvalue weighted by molar-refractivity contribution is -0.121. The maximum atomic E-state index is 12.3. The van der Waals surface area contributed by atoms with E-state index in [1.165, 1.54) is 28.0 Å². The number of thiocarbonyl (C=S) groups is 1. The van der Waals surface area contributed by atoms with Gasteiger partial charge in [-0.2, -0.15) is 0 Å². The number of thiazole rings is 1. The largest absolute Gasteiger partial charge is 0.484 e. The first-order chi connectivity index (χ1) is 16.3. The van der Waals surface area contributed by atoms with Crippen molar-refractivity contribution in [2.75, 3.05) is 19.0 Å². The quantitative estimate of drug-likeness (QED) is 0.292. The number of thioether (sulfide) groups is 1. The van der Waals surface area contributed by atoms with Gasteiger partial charge in [0.15, 0.2) is 11.7 Å². The zero-order valence-electron chi connectivity index (χ0n) is 17.7. The first kappa shape index (κ1) is 24.7. The van der Waals surface area contributed by atoms with Crippen LogP contribution in [0.15, 0.2) is 53.6 Å². The number of likely N-dealkylation sites (N-methyl/N-ethyl adjacent to an activating group) is 1. The Balaban J connectivity index is 1.29. The summed E-state index contributed by atoms with van der Waals surface area (Å²) in [5.41, 5.74) is 1.73. The summed E-state index contributed by atoms with van der Waals surface area (Å²) in [4.78, 5) is 31.6. The van der Waals surface area contributed by atoms with Crippen LogP contribution in [0.4, 0.5) is 5.13 Å². The molecule has 0 bridgehead atoms. The summed E-state index contributed by atoms with van der Waals surface area (Å²) in [5, 5.41) is 4.45. The molecule has 1 fully saturated rings. The fourth-order valence-corrected chi connectivity index (χ4v) is 5.39. The molecule has 174 valence electrons. The highest BCUT2D eigenvalue weighted by atomic mass is 35.5. The van der Waals surface area contributed by atoms with Crippen molar-refractivity contribution in [2.45, 2.75) is 6.42 Å². The summed E-state index contributed by atoms with van der Waals surface area (Å²) in [5.74, 6) is 0.0937. The standard InChI is InChI=1S/C23H17Cl2N3O3S3/c1-28-21(30)19(34-23(28)32)8-13-2-5-16(6-3-13)31-12-20(29)27-22-26-11-17(33-22)10-14-9-15(24)4-7-18(14)25/h2-9,11H,10,12H2,1H3,(H,26,27,29)/b19-8-. The molecule has 0 spiro atoms. The first-order valence-corrected chi connectivity index (χ1v) is 12.7. The van der Waals surface area contributed by atoms with Gasteiger partial charge in [-0.15, -0.1) is 11.3 Å². The van der Waals surface area contributed by atoms with E-state index in [1.807, 2.05) is 18.2 Å². The Labute approximate surface area is 219 Å². The molecule has 2 amide bonds. The molecule has 11 heteroatoms. The molecule has 3 aromatic rings. The van der Waals surface area contributed by atoms with E-state index in [1.54, 1.807) is 43.6 Å². The predicted molar refractivity (Wildman–Crippen MR) is 143 cm³/mol. The number of aromatic nitrogens is 1. The van der Waals surface area contributed by atoms with Crippen molar-refractivity contribution in [3.05, 3.63) is 79.6 Å². The maximum Gasteiger partial charge on any atom is 0.265 e. The van der Waals surface area contributed by atoms with Crippen molar-refractivity contribution < 1.29 is 14.3 Å². The Hall–Kier alpha value is -2.43. The van der Waals surface area contributed by atoms with Gasteiger partial charge in [0.25, 0.3) is 11.8 Å². The number of anilines is 1. The lowest BCUT2D eigenvalue weighted by Gasteiger charge is -2.06. The van der Waals surface area contributed by atoms with Crippen molar-refractivity contribution >= 4 is 85.9 Å². The molecule has 1 aromatic heterocycles. The van der Waals surface area contributed by atoms with Crippen LogP contribution >= 0.6 is 58.5 Å². The van der Waals surface area contributed by atoms with Gasteiger partial charge in [-0.25, -0.2) is 4.98 Å². The van der Waals surface area contributed by atoms with Crippen molar-refractivity contribution in [3.8, 4) is 5.75 Å². The molecule has 2 heterocycles.